The zero-order valence-electron chi connectivity index (χ0n) is 18.2. The van der Waals surface area contributed by atoms with Crippen LogP contribution in [0.4, 0.5) is 22.0 Å². The van der Waals surface area contributed by atoms with Crippen molar-refractivity contribution in [2.45, 2.75) is 90.3 Å². The van der Waals surface area contributed by atoms with Crippen molar-refractivity contribution in [3.63, 3.8) is 0 Å². The smallest absolute Gasteiger partial charge is 0.383 e. The van der Waals surface area contributed by atoms with Gasteiger partial charge in [-0.3, -0.25) is 4.79 Å². The molecule has 4 aliphatic rings. The van der Waals surface area contributed by atoms with Crippen LogP contribution in [0.5, 0.6) is 0 Å². The van der Waals surface area contributed by atoms with Gasteiger partial charge < -0.3 is 5.11 Å². The Hall–Kier alpha value is -0.720. The van der Waals surface area contributed by atoms with Crippen LogP contribution in [0.1, 0.15) is 72.6 Å². The van der Waals surface area contributed by atoms with Crippen molar-refractivity contribution in [2.75, 3.05) is 0 Å². The Labute approximate surface area is 175 Å². The van der Waals surface area contributed by atoms with E-state index < -0.39 is 29.5 Å². The minimum atomic E-state index is -5.77. The number of Topliss-reactive ketones (excluding diaryl/α,β-unsaturated/α-hetero) is 1. The van der Waals surface area contributed by atoms with Gasteiger partial charge in [-0.1, -0.05) is 27.7 Å². The van der Waals surface area contributed by atoms with Gasteiger partial charge in [0, 0.05) is 17.8 Å². The van der Waals surface area contributed by atoms with Crippen molar-refractivity contribution < 1.29 is 31.9 Å². The third-order valence-electron chi connectivity index (χ3n) is 10.2. The fourth-order valence-corrected chi connectivity index (χ4v) is 8.56. The molecule has 0 spiro atoms. The van der Waals surface area contributed by atoms with Crippen LogP contribution in [0, 0.1) is 46.3 Å². The number of rotatable bonds is 1. The maximum absolute atomic E-state index is 14.6. The molecule has 0 aromatic heterocycles. The van der Waals surface area contributed by atoms with Gasteiger partial charge in [-0.05, 0) is 73.5 Å². The van der Waals surface area contributed by atoms with E-state index in [1.807, 2.05) is 6.92 Å². The van der Waals surface area contributed by atoms with Gasteiger partial charge in [0.1, 0.15) is 11.4 Å². The highest BCUT2D eigenvalue weighted by atomic mass is 19.4. The molecular formula is C23H33F5O2. The molecular weight excluding hydrogens is 403 g/mol. The summed E-state index contributed by atoms with van der Waals surface area (Å²) >= 11 is 0. The SMILES string of the molecule is CC1C[C@]2(C)C3CC[C@@]4(C)C(CC[C@@]4(O)C(F)(F)C(F)(F)F)C3[C@H](C)C[C@@H]2CC1=O. The monoisotopic (exact) mass is 436 g/mol. The predicted molar refractivity (Wildman–Crippen MR) is 102 cm³/mol. The summed E-state index contributed by atoms with van der Waals surface area (Å²) in [5.41, 5.74) is -4.64. The first-order valence-electron chi connectivity index (χ1n) is 11.3. The zero-order chi connectivity index (χ0) is 22.5. The molecule has 2 nitrogen and oxygen atoms in total. The minimum absolute atomic E-state index is 0.00320. The van der Waals surface area contributed by atoms with E-state index in [-0.39, 0.29) is 59.5 Å². The third-order valence-corrected chi connectivity index (χ3v) is 10.2. The fourth-order valence-electron chi connectivity index (χ4n) is 8.56. The molecule has 4 saturated carbocycles. The molecule has 0 radical (unpaired) electrons. The van der Waals surface area contributed by atoms with Crippen LogP contribution in [0.2, 0.25) is 0 Å². The summed E-state index contributed by atoms with van der Waals surface area (Å²) in [7, 11) is 0. The summed E-state index contributed by atoms with van der Waals surface area (Å²) in [6, 6.07) is 0. The number of carbonyl (C=O) groups is 1. The molecule has 0 heterocycles. The van der Waals surface area contributed by atoms with E-state index in [2.05, 4.69) is 13.8 Å². The summed E-state index contributed by atoms with van der Waals surface area (Å²) in [6.45, 7) is 7.68. The lowest BCUT2D eigenvalue weighted by molar-refractivity contribution is -0.364. The van der Waals surface area contributed by atoms with Crippen molar-refractivity contribution in [3.05, 3.63) is 0 Å². The number of halogens is 5. The van der Waals surface area contributed by atoms with Crippen LogP contribution >= 0.6 is 0 Å². The van der Waals surface area contributed by atoms with E-state index in [9.17, 15) is 31.9 Å². The van der Waals surface area contributed by atoms with Crippen LogP contribution in [-0.2, 0) is 4.79 Å². The second kappa shape index (κ2) is 6.41. The molecule has 0 aliphatic heterocycles. The van der Waals surface area contributed by atoms with Crippen molar-refractivity contribution in [1.29, 1.82) is 0 Å². The Balaban J connectivity index is 1.72. The Morgan fingerprint density at radius 3 is 2.20 bits per heavy atom. The molecule has 4 unspecified atom stereocenters. The quantitative estimate of drug-likeness (QED) is 0.511. The molecule has 0 bridgehead atoms. The highest BCUT2D eigenvalue weighted by Gasteiger charge is 2.79. The highest BCUT2D eigenvalue weighted by molar-refractivity contribution is 5.82. The zero-order valence-corrected chi connectivity index (χ0v) is 18.2. The summed E-state index contributed by atoms with van der Waals surface area (Å²) < 4.78 is 69.0. The van der Waals surface area contributed by atoms with Gasteiger partial charge in [-0.2, -0.15) is 22.0 Å². The molecule has 0 amide bonds. The molecule has 172 valence electrons. The number of fused-ring (bicyclic) bond motifs is 5. The maximum atomic E-state index is 14.6. The Morgan fingerprint density at radius 2 is 1.60 bits per heavy atom. The molecule has 30 heavy (non-hydrogen) atoms. The van der Waals surface area contributed by atoms with Gasteiger partial charge in [0.25, 0.3) is 0 Å². The topological polar surface area (TPSA) is 37.3 Å². The van der Waals surface area contributed by atoms with Crippen LogP contribution in [0.25, 0.3) is 0 Å². The van der Waals surface area contributed by atoms with Crippen LogP contribution in [0.15, 0.2) is 0 Å². The van der Waals surface area contributed by atoms with Crippen molar-refractivity contribution >= 4 is 5.78 Å². The standard InChI is InChI=1S/C23H33F5O2/c1-12-9-14-10-17(29)13(2)11-19(14,3)15-5-7-20(4)16(18(12)15)6-8-21(20,30)22(24,25)23(26,27)28/h12-16,18,30H,5-11H2,1-4H3/t12-,13?,14-,15?,16?,18?,19+,20+,21+/m1/s1. The molecule has 4 aliphatic carbocycles. The molecule has 1 N–H and O–H groups in total. The maximum Gasteiger partial charge on any atom is 0.456 e. The molecule has 4 fully saturated rings. The lowest BCUT2D eigenvalue weighted by atomic mass is 9.41. The van der Waals surface area contributed by atoms with Gasteiger partial charge in [0.05, 0.1) is 0 Å². The van der Waals surface area contributed by atoms with E-state index in [1.165, 1.54) is 6.92 Å². The summed E-state index contributed by atoms with van der Waals surface area (Å²) in [6.07, 6.45) is -3.29. The first-order chi connectivity index (χ1) is 13.6. The molecule has 0 aromatic carbocycles. The van der Waals surface area contributed by atoms with Crippen molar-refractivity contribution in [3.8, 4) is 0 Å². The first-order valence-corrected chi connectivity index (χ1v) is 11.3. The van der Waals surface area contributed by atoms with Gasteiger partial charge >= 0.3 is 12.1 Å². The van der Waals surface area contributed by atoms with E-state index in [4.69, 9.17) is 0 Å². The summed E-state index contributed by atoms with van der Waals surface area (Å²) in [5.74, 6) is -4.67. The Kier molecular flexibility index (Phi) is 4.81. The average molecular weight is 437 g/mol. The van der Waals surface area contributed by atoms with Gasteiger partial charge in [-0.25, -0.2) is 0 Å². The second-order valence-corrected chi connectivity index (χ2v) is 11.4. The number of hydrogen-bond donors (Lipinski definition) is 1. The largest absolute Gasteiger partial charge is 0.456 e. The number of aliphatic hydroxyl groups is 1. The van der Waals surface area contributed by atoms with Gasteiger partial charge in [0.15, 0.2) is 0 Å². The predicted octanol–water partition coefficient (Wildman–Crippen LogP) is 6.02. The normalized spacial score (nSPS) is 51.9. The minimum Gasteiger partial charge on any atom is -0.383 e. The van der Waals surface area contributed by atoms with E-state index in [0.717, 1.165) is 12.8 Å². The number of carbonyl (C=O) groups excluding carboxylic acids is 1. The second-order valence-electron chi connectivity index (χ2n) is 11.4. The number of alkyl halides is 5. The summed E-state index contributed by atoms with van der Waals surface area (Å²) in [5, 5.41) is 10.9. The van der Waals surface area contributed by atoms with Crippen LogP contribution < -0.4 is 0 Å². The fraction of sp³-hybridized carbons (Fsp3) is 0.957. The lowest BCUT2D eigenvalue weighted by Crippen LogP contribution is -2.66. The number of hydrogen-bond acceptors (Lipinski definition) is 2. The average Bonchev–Trinajstić information content (AvgIpc) is 2.90. The Bertz CT molecular complexity index is 736. The first kappa shape index (κ1) is 22.5. The lowest BCUT2D eigenvalue weighted by Gasteiger charge is -2.63. The molecule has 0 aromatic rings. The molecule has 7 heteroatoms. The molecule has 4 rings (SSSR count). The van der Waals surface area contributed by atoms with Crippen molar-refractivity contribution in [2.24, 2.45) is 46.3 Å². The van der Waals surface area contributed by atoms with Gasteiger partial charge in [-0.15, -0.1) is 0 Å². The Morgan fingerprint density at radius 1 is 1.00 bits per heavy atom. The molecule has 0 saturated heterocycles. The van der Waals surface area contributed by atoms with Crippen molar-refractivity contribution in [1.82, 2.24) is 0 Å². The van der Waals surface area contributed by atoms with E-state index in [1.54, 1.807) is 0 Å². The van der Waals surface area contributed by atoms with E-state index >= 15 is 0 Å². The highest BCUT2D eigenvalue weighted by Crippen LogP contribution is 2.72. The third kappa shape index (κ3) is 2.59. The van der Waals surface area contributed by atoms with Crippen LogP contribution in [-0.4, -0.2) is 28.6 Å². The number of ketones is 1. The van der Waals surface area contributed by atoms with Gasteiger partial charge in [0.2, 0.25) is 0 Å². The van der Waals surface area contributed by atoms with E-state index in [0.29, 0.717) is 12.8 Å². The van der Waals surface area contributed by atoms with Crippen LogP contribution in [0.3, 0.4) is 0 Å². The summed E-state index contributed by atoms with van der Waals surface area (Å²) in [4.78, 5) is 12.4. The molecule has 9 atom stereocenters.